The van der Waals surface area contributed by atoms with Crippen molar-refractivity contribution in [3.8, 4) is 0 Å². The quantitative estimate of drug-likeness (QED) is 0.795. The lowest BCUT2D eigenvalue weighted by Gasteiger charge is -2.14. The highest BCUT2D eigenvalue weighted by Gasteiger charge is 2.09. The van der Waals surface area contributed by atoms with Crippen LogP contribution in [0.25, 0.3) is 10.9 Å². The van der Waals surface area contributed by atoms with Crippen LogP contribution in [-0.4, -0.2) is 9.78 Å². The molecule has 2 aromatic rings. The third kappa shape index (κ3) is 2.80. The summed E-state index contributed by atoms with van der Waals surface area (Å²) in [7, 11) is 0. The second kappa shape index (κ2) is 6.14. The third-order valence-electron chi connectivity index (χ3n) is 2.53. The van der Waals surface area contributed by atoms with Crippen LogP contribution in [0.4, 0.5) is 0 Å². The monoisotopic (exact) mass is 310 g/mol. The molecule has 2 rings (SSSR count). The van der Waals surface area contributed by atoms with Gasteiger partial charge in [-0.1, -0.05) is 29.8 Å². The number of fused-ring (bicyclic) bond motifs is 1. The van der Waals surface area contributed by atoms with Gasteiger partial charge in [-0.2, -0.15) is 5.10 Å². The fourth-order valence-corrected chi connectivity index (χ4v) is 2.08. The molecule has 18 heavy (non-hydrogen) atoms. The van der Waals surface area contributed by atoms with E-state index in [1.165, 1.54) is 0 Å². The molecule has 0 amide bonds. The van der Waals surface area contributed by atoms with E-state index in [1.807, 2.05) is 36.7 Å². The Kier molecular flexibility index (Phi) is 5.08. The molecule has 0 radical (unpaired) electrons. The Morgan fingerprint density at radius 1 is 1.28 bits per heavy atom. The summed E-state index contributed by atoms with van der Waals surface area (Å²) in [6.07, 6.45) is 0. The molecular weight excluding hydrogens is 292 g/mol. The number of benzene rings is 1. The zero-order chi connectivity index (χ0) is 13.9. The first-order valence-electron chi connectivity index (χ1n) is 6.19. The molecule has 0 aliphatic carbocycles. The second-order valence-electron chi connectivity index (χ2n) is 4.11. The Hall–Kier alpha value is -1.16. The van der Waals surface area contributed by atoms with Crippen LogP contribution < -0.4 is 5.43 Å². The molecule has 98 valence electrons. The minimum atomic E-state index is 0.0133. The summed E-state index contributed by atoms with van der Waals surface area (Å²) in [5.41, 5.74) is 1.43. The average molecular weight is 311 g/mol. The highest BCUT2D eigenvalue weighted by molar-refractivity contribution is 9.10. The van der Waals surface area contributed by atoms with Gasteiger partial charge in [0.15, 0.2) is 0 Å². The lowest BCUT2D eigenvalue weighted by molar-refractivity contribution is 0.535. The third-order valence-corrected chi connectivity index (χ3v) is 3.02. The Balaban J connectivity index is 0.000000771. The lowest BCUT2D eigenvalue weighted by Crippen LogP contribution is -2.18. The maximum atomic E-state index is 11.9. The van der Waals surface area contributed by atoms with Crippen LogP contribution in [0.1, 0.15) is 39.4 Å². The molecule has 3 nitrogen and oxygen atoms in total. The zero-order valence-corrected chi connectivity index (χ0v) is 13.1. The van der Waals surface area contributed by atoms with E-state index >= 15 is 0 Å². The van der Waals surface area contributed by atoms with Gasteiger partial charge in [0, 0.05) is 15.9 Å². The van der Waals surface area contributed by atoms with E-state index in [0.717, 1.165) is 15.4 Å². The maximum Gasteiger partial charge on any atom is 0.210 e. The molecule has 1 heterocycles. The van der Waals surface area contributed by atoms with Gasteiger partial charge in [0.05, 0.1) is 5.52 Å². The van der Waals surface area contributed by atoms with E-state index in [9.17, 15) is 4.79 Å². The minimum Gasteiger partial charge on any atom is -0.287 e. The number of rotatable bonds is 1. The summed E-state index contributed by atoms with van der Waals surface area (Å²) in [4.78, 5) is 11.9. The van der Waals surface area contributed by atoms with Gasteiger partial charge in [0.1, 0.15) is 5.69 Å². The molecular formula is C14H19BrN2O. The number of aromatic nitrogens is 2. The Labute approximate surface area is 116 Å². The van der Waals surface area contributed by atoms with Crippen LogP contribution in [0, 0.1) is 6.92 Å². The van der Waals surface area contributed by atoms with Gasteiger partial charge in [-0.15, -0.1) is 0 Å². The molecule has 0 saturated carbocycles. The van der Waals surface area contributed by atoms with Gasteiger partial charge in [-0.05, 0) is 39.0 Å². The Bertz CT molecular complexity index is 603. The van der Waals surface area contributed by atoms with Crippen LogP contribution >= 0.6 is 15.9 Å². The molecule has 0 bridgehead atoms. The normalized spacial score (nSPS) is 10.4. The van der Waals surface area contributed by atoms with E-state index < -0.39 is 0 Å². The van der Waals surface area contributed by atoms with Crippen molar-refractivity contribution in [1.29, 1.82) is 0 Å². The smallest absolute Gasteiger partial charge is 0.210 e. The number of aryl methyl sites for hydroxylation is 1. The summed E-state index contributed by atoms with van der Waals surface area (Å²) in [5, 5.41) is 5.05. The molecule has 0 N–H and O–H groups in total. The molecule has 0 unspecified atom stereocenters. The van der Waals surface area contributed by atoms with Crippen LogP contribution in [0.3, 0.4) is 0 Å². The fraction of sp³-hybridized carbons (Fsp3) is 0.429. The molecule has 1 aromatic heterocycles. The summed E-state index contributed by atoms with van der Waals surface area (Å²) in [6.45, 7) is 9.86. The molecule has 0 atom stereocenters. The van der Waals surface area contributed by atoms with Gasteiger partial charge in [-0.3, -0.25) is 9.48 Å². The zero-order valence-electron chi connectivity index (χ0n) is 11.5. The highest BCUT2D eigenvalue weighted by Crippen LogP contribution is 2.19. The number of hydrogen-bond acceptors (Lipinski definition) is 2. The summed E-state index contributed by atoms with van der Waals surface area (Å²) in [6, 6.07) is 5.89. The second-order valence-corrected chi connectivity index (χ2v) is 5.03. The summed E-state index contributed by atoms with van der Waals surface area (Å²) >= 11 is 3.42. The van der Waals surface area contributed by atoms with Gasteiger partial charge >= 0.3 is 0 Å². The molecule has 1 aromatic carbocycles. The first-order valence-corrected chi connectivity index (χ1v) is 6.98. The van der Waals surface area contributed by atoms with Gasteiger partial charge < -0.3 is 0 Å². The van der Waals surface area contributed by atoms with Gasteiger partial charge in [0.2, 0.25) is 5.43 Å². The largest absolute Gasteiger partial charge is 0.287 e. The van der Waals surface area contributed by atoms with Crippen molar-refractivity contribution in [2.45, 2.75) is 40.7 Å². The van der Waals surface area contributed by atoms with Crippen molar-refractivity contribution in [1.82, 2.24) is 9.78 Å². The van der Waals surface area contributed by atoms with E-state index in [0.29, 0.717) is 5.69 Å². The standard InChI is InChI=1S/C12H13BrN2O.C2H6/c1-7(2)15-11-6-9(13)4-5-10(11)12(16)8(3)14-15;1-2/h4-7H,1-3H3;1-2H3. The van der Waals surface area contributed by atoms with Crippen LogP contribution in [-0.2, 0) is 0 Å². The Morgan fingerprint density at radius 3 is 2.44 bits per heavy atom. The first-order chi connectivity index (χ1) is 8.50. The van der Waals surface area contributed by atoms with Gasteiger partial charge in [0.25, 0.3) is 0 Å². The number of halogens is 1. The van der Waals surface area contributed by atoms with E-state index in [4.69, 9.17) is 0 Å². The minimum absolute atomic E-state index is 0.0133. The SMILES string of the molecule is CC.Cc1nn(C(C)C)c2cc(Br)ccc2c1=O. The molecule has 0 aliphatic heterocycles. The van der Waals surface area contributed by atoms with Crippen LogP contribution in [0.15, 0.2) is 27.5 Å². The van der Waals surface area contributed by atoms with Gasteiger partial charge in [-0.25, -0.2) is 0 Å². The van der Waals surface area contributed by atoms with Crippen molar-refractivity contribution in [2.24, 2.45) is 0 Å². The summed E-state index contributed by atoms with van der Waals surface area (Å²) < 4.78 is 2.84. The topological polar surface area (TPSA) is 34.9 Å². The highest BCUT2D eigenvalue weighted by atomic mass is 79.9. The maximum absolute atomic E-state index is 11.9. The molecule has 0 spiro atoms. The van der Waals surface area contributed by atoms with Crippen molar-refractivity contribution >= 4 is 26.8 Å². The van der Waals surface area contributed by atoms with Crippen molar-refractivity contribution < 1.29 is 0 Å². The molecule has 0 aliphatic rings. The van der Waals surface area contributed by atoms with Crippen LogP contribution in [0.2, 0.25) is 0 Å². The molecule has 0 saturated heterocycles. The number of nitrogens with zero attached hydrogens (tertiary/aromatic N) is 2. The van der Waals surface area contributed by atoms with Crippen molar-refractivity contribution in [3.63, 3.8) is 0 Å². The van der Waals surface area contributed by atoms with Crippen LogP contribution in [0.5, 0.6) is 0 Å². The van der Waals surface area contributed by atoms with E-state index in [2.05, 4.69) is 34.9 Å². The number of hydrogen-bond donors (Lipinski definition) is 0. The predicted octanol–water partition coefficient (Wildman–Crippen LogP) is 4.07. The average Bonchev–Trinajstić information content (AvgIpc) is 2.35. The molecule has 4 heteroatoms. The molecule has 0 fully saturated rings. The van der Waals surface area contributed by atoms with E-state index in [-0.39, 0.29) is 11.5 Å². The predicted molar refractivity (Wildman–Crippen MR) is 80.2 cm³/mol. The first kappa shape index (κ1) is 14.9. The van der Waals surface area contributed by atoms with Crippen molar-refractivity contribution in [2.75, 3.05) is 0 Å². The van der Waals surface area contributed by atoms with Crippen molar-refractivity contribution in [3.05, 3.63) is 38.6 Å². The van der Waals surface area contributed by atoms with E-state index in [1.54, 1.807) is 6.92 Å². The fourth-order valence-electron chi connectivity index (χ4n) is 1.74. The summed E-state index contributed by atoms with van der Waals surface area (Å²) in [5.74, 6) is 0. The lowest BCUT2D eigenvalue weighted by atomic mass is 10.2. The Morgan fingerprint density at radius 2 is 1.89 bits per heavy atom.